The Labute approximate surface area is 189 Å². The normalized spacial score (nSPS) is 12.1. The van der Waals surface area contributed by atoms with Crippen LogP contribution in [0.4, 0.5) is 5.13 Å². The van der Waals surface area contributed by atoms with Crippen LogP contribution in [0.3, 0.4) is 0 Å². The van der Waals surface area contributed by atoms with Crippen LogP contribution in [0.1, 0.15) is 10.4 Å². The third kappa shape index (κ3) is 4.89. The predicted molar refractivity (Wildman–Crippen MR) is 125 cm³/mol. The first-order valence-corrected chi connectivity index (χ1v) is 12.2. The SMILES string of the molecule is CN(C)CCN(C(=O)c1ccc(S(=O)(=O)N(C)C)cc1)c1nc2ccc(Br)cc2s1. The van der Waals surface area contributed by atoms with E-state index in [4.69, 9.17) is 0 Å². The molecule has 3 aromatic rings. The second-order valence-corrected chi connectivity index (χ2v) is 11.3. The number of aromatic nitrogens is 1. The van der Waals surface area contributed by atoms with E-state index in [0.29, 0.717) is 23.8 Å². The average Bonchev–Trinajstić information content (AvgIpc) is 3.10. The molecule has 0 atom stereocenters. The molecule has 10 heteroatoms. The lowest BCUT2D eigenvalue weighted by atomic mass is 10.2. The van der Waals surface area contributed by atoms with Crippen LogP contribution < -0.4 is 4.90 Å². The van der Waals surface area contributed by atoms with Gasteiger partial charge in [-0.2, -0.15) is 0 Å². The van der Waals surface area contributed by atoms with Crippen molar-refractivity contribution >= 4 is 58.5 Å². The number of nitrogens with zero attached hydrogens (tertiary/aromatic N) is 4. The molecule has 0 aliphatic heterocycles. The molecular formula is C20H23BrN4O3S2. The highest BCUT2D eigenvalue weighted by atomic mass is 79.9. The van der Waals surface area contributed by atoms with E-state index in [-0.39, 0.29) is 10.8 Å². The van der Waals surface area contributed by atoms with Crippen LogP contribution >= 0.6 is 27.3 Å². The second-order valence-electron chi connectivity index (χ2n) is 7.18. The van der Waals surface area contributed by atoms with Crippen LogP contribution in [0, 0.1) is 0 Å². The van der Waals surface area contributed by atoms with Gasteiger partial charge in [-0.1, -0.05) is 27.3 Å². The van der Waals surface area contributed by atoms with Gasteiger partial charge < -0.3 is 4.90 Å². The van der Waals surface area contributed by atoms with Gasteiger partial charge in [0.2, 0.25) is 10.0 Å². The Bertz CT molecular complexity index is 1160. The van der Waals surface area contributed by atoms with Crippen molar-refractivity contribution in [3.8, 4) is 0 Å². The summed E-state index contributed by atoms with van der Waals surface area (Å²) in [6.07, 6.45) is 0. The first-order valence-electron chi connectivity index (χ1n) is 9.15. The standard InChI is InChI=1S/C20H23BrN4O3S2/c1-23(2)11-12-25(20-22-17-10-7-15(21)13-18(17)29-20)19(26)14-5-8-16(9-6-14)30(27,28)24(3)4/h5-10,13H,11-12H2,1-4H3. The summed E-state index contributed by atoms with van der Waals surface area (Å²) in [5.74, 6) is -0.219. The first-order chi connectivity index (χ1) is 14.1. The summed E-state index contributed by atoms with van der Waals surface area (Å²) >= 11 is 4.91. The maximum atomic E-state index is 13.3. The van der Waals surface area contributed by atoms with E-state index in [0.717, 1.165) is 19.0 Å². The number of sulfonamides is 1. The second kappa shape index (κ2) is 9.11. The van der Waals surface area contributed by atoms with Gasteiger partial charge in [-0.05, 0) is 56.6 Å². The van der Waals surface area contributed by atoms with E-state index in [1.54, 1.807) is 17.0 Å². The van der Waals surface area contributed by atoms with E-state index in [9.17, 15) is 13.2 Å². The fourth-order valence-electron chi connectivity index (χ4n) is 2.72. The summed E-state index contributed by atoms with van der Waals surface area (Å²) < 4.78 is 27.7. The van der Waals surface area contributed by atoms with Crippen molar-refractivity contribution in [2.24, 2.45) is 0 Å². The minimum Gasteiger partial charge on any atom is -0.308 e. The minimum atomic E-state index is -3.55. The topological polar surface area (TPSA) is 73.8 Å². The highest BCUT2D eigenvalue weighted by Crippen LogP contribution is 2.31. The van der Waals surface area contributed by atoms with Crippen LogP contribution in [0.5, 0.6) is 0 Å². The number of carbonyl (C=O) groups is 1. The predicted octanol–water partition coefficient (Wildman–Crippen LogP) is 3.52. The molecule has 1 amide bonds. The molecule has 0 bridgehead atoms. The third-order valence-corrected chi connectivity index (χ3v) is 7.83. The molecule has 160 valence electrons. The van der Waals surface area contributed by atoms with Gasteiger partial charge >= 0.3 is 0 Å². The maximum Gasteiger partial charge on any atom is 0.260 e. The van der Waals surface area contributed by atoms with Crippen molar-refractivity contribution in [3.63, 3.8) is 0 Å². The zero-order valence-corrected chi connectivity index (χ0v) is 20.4. The Kier molecular flexibility index (Phi) is 6.93. The van der Waals surface area contributed by atoms with E-state index in [1.165, 1.54) is 37.6 Å². The third-order valence-electron chi connectivity index (χ3n) is 4.47. The van der Waals surface area contributed by atoms with Crippen LogP contribution in [0.25, 0.3) is 10.2 Å². The summed E-state index contributed by atoms with van der Waals surface area (Å²) in [6, 6.07) is 11.8. The lowest BCUT2D eigenvalue weighted by Crippen LogP contribution is -2.36. The molecule has 0 saturated carbocycles. The Morgan fingerprint density at radius 1 is 1.03 bits per heavy atom. The fourth-order valence-corrected chi connectivity index (χ4v) is 5.17. The molecule has 0 unspecified atom stereocenters. The number of likely N-dealkylation sites (N-methyl/N-ethyl adjacent to an activating group) is 1. The number of benzene rings is 2. The molecule has 0 aliphatic carbocycles. The van der Waals surface area contributed by atoms with Crippen LogP contribution in [-0.2, 0) is 10.0 Å². The molecule has 0 N–H and O–H groups in total. The molecule has 0 fully saturated rings. The van der Waals surface area contributed by atoms with Crippen molar-refractivity contribution < 1.29 is 13.2 Å². The van der Waals surface area contributed by atoms with Crippen LogP contribution in [-0.4, -0.2) is 69.8 Å². The monoisotopic (exact) mass is 510 g/mol. The van der Waals surface area contributed by atoms with Gasteiger partial charge in [0, 0.05) is 37.2 Å². The molecular weight excluding hydrogens is 488 g/mol. The van der Waals surface area contributed by atoms with Gasteiger partial charge in [0.05, 0.1) is 15.1 Å². The first kappa shape index (κ1) is 22.8. The van der Waals surface area contributed by atoms with Gasteiger partial charge in [-0.3, -0.25) is 9.69 Å². The number of thiazole rings is 1. The Morgan fingerprint density at radius 2 is 1.70 bits per heavy atom. The molecule has 0 radical (unpaired) electrons. The van der Waals surface area contributed by atoms with Crippen LogP contribution in [0.2, 0.25) is 0 Å². The number of halogens is 1. The van der Waals surface area contributed by atoms with Crippen molar-refractivity contribution in [1.29, 1.82) is 0 Å². The van der Waals surface area contributed by atoms with Gasteiger partial charge in [0.1, 0.15) is 0 Å². The number of hydrogen-bond acceptors (Lipinski definition) is 6. The number of rotatable bonds is 7. The van der Waals surface area contributed by atoms with E-state index in [2.05, 4.69) is 20.9 Å². The summed E-state index contributed by atoms with van der Waals surface area (Å²) in [7, 11) is 3.29. The van der Waals surface area contributed by atoms with Gasteiger partial charge in [0.25, 0.3) is 5.91 Å². The summed E-state index contributed by atoms with van der Waals surface area (Å²) in [4.78, 5) is 21.7. The van der Waals surface area contributed by atoms with E-state index in [1.807, 2.05) is 37.2 Å². The number of fused-ring (bicyclic) bond motifs is 1. The molecule has 0 aliphatic rings. The lowest BCUT2D eigenvalue weighted by molar-refractivity contribution is 0.0985. The van der Waals surface area contributed by atoms with Crippen LogP contribution in [0.15, 0.2) is 51.8 Å². The van der Waals surface area contributed by atoms with Crippen molar-refractivity contribution in [1.82, 2.24) is 14.2 Å². The largest absolute Gasteiger partial charge is 0.308 e. The van der Waals surface area contributed by atoms with Gasteiger partial charge in [-0.15, -0.1) is 0 Å². The fraction of sp³-hybridized carbons (Fsp3) is 0.300. The minimum absolute atomic E-state index is 0.147. The number of amides is 1. The van der Waals surface area contributed by atoms with Crippen molar-refractivity contribution in [2.45, 2.75) is 4.90 Å². The van der Waals surface area contributed by atoms with Crippen molar-refractivity contribution in [3.05, 3.63) is 52.5 Å². The molecule has 1 heterocycles. The van der Waals surface area contributed by atoms with E-state index >= 15 is 0 Å². The maximum absolute atomic E-state index is 13.3. The number of carbonyl (C=O) groups excluding carboxylic acids is 1. The summed E-state index contributed by atoms with van der Waals surface area (Å²) in [5.41, 5.74) is 1.24. The number of anilines is 1. The zero-order valence-electron chi connectivity index (χ0n) is 17.2. The molecule has 2 aromatic carbocycles. The highest BCUT2D eigenvalue weighted by molar-refractivity contribution is 9.10. The molecule has 3 rings (SSSR count). The molecule has 0 spiro atoms. The number of hydrogen-bond donors (Lipinski definition) is 0. The molecule has 7 nitrogen and oxygen atoms in total. The van der Waals surface area contributed by atoms with Gasteiger partial charge in [-0.25, -0.2) is 17.7 Å². The molecule has 1 aromatic heterocycles. The van der Waals surface area contributed by atoms with Gasteiger partial charge in [0.15, 0.2) is 5.13 Å². The zero-order chi connectivity index (χ0) is 22.1. The molecule has 0 saturated heterocycles. The Morgan fingerprint density at radius 3 is 2.30 bits per heavy atom. The quantitative estimate of drug-likeness (QED) is 0.486. The smallest absolute Gasteiger partial charge is 0.260 e. The van der Waals surface area contributed by atoms with E-state index < -0.39 is 10.0 Å². The highest BCUT2D eigenvalue weighted by Gasteiger charge is 2.23. The van der Waals surface area contributed by atoms with Crippen molar-refractivity contribution in [2.75, 3.05) is 46.2 Å². The average molecular weight is 511 g/mol. The Balaban J connectivity index is 1.95. The summed E-state index contributed by atoms with van der Waals surface area (Å²) in [6.45, 7) is 1.13. The molecule has 30 heavy (non-hydrogen) atoms. The Hall–Kier alpha value is -1.85. The lowest BCUT2D eigenvalue weighted by Gasteiger charge is -2.22. The summed E-state index contributed by atoms with van der Waals surface area (Å²) in [5, 5.41) is 0.611.